The van der Waals surface area contributed by atoms with Gasteiger partial charge in [0.25, 0.3) is 0 Å². The highest BCUT2D eigenvalue weighted by Gasteiger charge is 2.57. The summed E-state index contributed by atoms with van der Waals surface area (Å²) < 4.78 is 7.24. The van der Waals surface area contributed by atoms with Crippen molar-refractivity contribution >= 4 is 0 Å². The lowest BCUT2D eigenvalue weighted by molar-refractivity contribution is 0.145. The zero-order valence-corrected chi connectivity index (χ0v) is 8.13. The van der Waals surface area contributed by atoms with Gasteiger partial charge in [-0.15, -0.1) is 10.2 Å². The molecule has 1 aromatic rings. The van der Waals surface area contributed by atoms with E-state index in [0.717, 1.165) is 19.0 Å². The second-order valence-electron chi connectivity index (χ2n) is 4.27. The molecule has 1 saturated heterocycles. The van der Waals surface area contributed by atoms with Crippen LogP contribution in [0.4, 0.5) is 0 Å². The number of fused-ring (bicyclic) bond motifs is 1. The first kappa shape index (κ1) is 8.38. The highest BCUT2D eigenvalue weighted by molar-refractivity contribution is 5.10. The van der Waals surface area contributed by atoms with E-state index in [1.54, 1.807) is 6.33 Å². The number of nitrogens with zero attached hydrogens (tertiary/aromatic N) is 3. The molecule has 1 aliphatic heterocycles. The van der Waals surface area contributed by atoms with E-state index < -0.39 is 0 Å². The van der Waals surface area contributed by atoms with Gasteiger partial charge in [-0.2, -0.15) is 0 Å². The molecule has 3 atom stereocenters. The lowest BCUT2D eigenvalue weighted by Gasteiger charge is -2.12. The molecule has 0 aromatic carbocycles. The first-order valence-corrected chi connectivity index (χ1v) is 4.96. The fraction of sp³-hybridized carbons (Fsp3) is 0.778. The van der Waals surface area contributed by atoms with Crippen molar-refractivity contribution in [2.75, 3.05) is 13.2 Å². The van der Waals surface area contributed by atoms with Gasteiger partial charge in [0.1, 0.15) is 12.2 Å². The summed E-state index contributed by atoms with van der Waals surface area (Å²) in [6.07, 6.45) is 1.70. The SMILES string of the molecule is Cn1cnnc1C(N)C1C2COCC21. The second kappa shape index (κ2) is 2.77. The normalized spacial score (nSPS) is 36.9. The highest BCUT2D eigenvalue weighted by Crippen LogP contribution is 2.55. The third-order valence-electron chi connectivity index (χ3n) is 3.48. The average Bonchev–Trinajstić information content (AvgIpc) is 2.57. The number of aromatic nitrogens is 3. The second-order valence-corrected chi connectivity index (χ2v) is 4.27. The van der Waals surface area contributed by atoms with Crippen LogP contribution in [0.1, 0.15) is 11.9 Å². The lowest BCUT2D eigenvalue weighted by Crippen LogP contribution is -2.21. The first-order valence-electron chi connectivity index (χ1n) is 4.96. The minimum absolute atomic E-state index is 0.0291. The molecule has 1 aromatic heterocycles. The fourth-order valence-corrected chi connectivity index (χ4v) is 2.58. The number of hydrogen-bond donors (Lipinski definition) is 1. The van der Waals surface area contributed by atoms with E-state index in [0.29, 0.717) is 17.8 Å². The summed E-state index contributed by atoms with van der Waals surface area (Å²) in [5, 5.41) is 7.90. The molecule has 2 aliphatic rings. The summed E-state index contributed by atoms with van der Waals surface area (Å²) >= 11 is 0. The molecule has 0 spiro atoms. The van der Waals surface area contributed by atoms with E-state index in [2.05, 4.69) is 10.2 Å². The van der Waals surface area contributed by atoms with Gasteiger partial charge in [0.15, 0.2) is 0 Å². The third-order valence-corrected chi connectivity index (χ3v) is 3.48. The van der Waals surface area contributed by atoms with Crippen molar-refractivity contribution in [1.82, 2.24) is 14.8 Å². The molecule has 3 unspecified atom stereocenters. The number of nitrogens with two attached hydrogens (primary N) is 1. The Labute approximate surface area is 82.3 Å². The largest absolute Gasteiger partial charge is 0.381 e. The van der Waals surface area contributed by atoms with Crippen LogP contribution >= 0.6 is 0 Å². The van der Waals surface area contributed by atoms with Crippen molar-refractivity contribution in [3.05, 3.63) is 12.2 Å². The number of rotatable bonds is 2. The van der Waals surface area contributed by atoms with Gasteiger partial charge in [0.2, 0.25) is 0 Å². The Balaban J connectivity index is 1.78. The van der Waals surface area contributed by atoms with Crippen LogP contribution in [-0.4, -0.2) is 28.0 Å². The molecule has 5 heteroatoms. The van der Waals surface area contributed by atoms with Crippen LogP contribution in [0.25, 0.3) is 0 Å². The number of hydrogen-bond acceptors (Lipinski definition) is 4. The van der Waals surface area contributed by atoms with Crippen LogP contribution < -0.4 is 5.73 Å². The fourth-order valence-electron chi connectivity index (χ4n) is 2.58. The van der Waals surface area contributed by atoms with Crippen LogP contribution in [0.2, 0.25) is 0 Å². The van der Waals surface area contributed by atoms with Gasteiger partial charge in [-0.05, 0) is 17.8 Å². The van der Waals surface area contributed by atoms with Crippen molar-refractivity contribution in [3.63, 3.8) is 0 Å². The van der Waals surface area contributed by atoms with Gasteiger partial charge in [0, 0.05) is 7.05 Å². The van der Waals surface area contributed by atoms with Gasteiger partial charge < -0.3 is 15.0 Å². The standard InChI is InChI=1S/C9H14N4O/c1-13-4-11-12-9(13)8(10)7-5-2-14-3-6(5)7/h4-8H,2-3,10H2,1H3. The Morgan fingerprint density at radius 1 is 1.57 bits per heavy atom. The molecule has 2 N–H and O–H groups in total. The Morgan fingerprint density at radius 2 is 2.29 bits per heavy atom. The summed E-state index contributed by atoms with van der Waals surface area (Å²) in [4.78, 5) is 0. The van der Waals surface area contributed by atoms with E-state index in [1.165, 1.54) is 0 Å². The Morgan fingerprint density at radius 3 is 2.86 bits per heavy atom. The van der Waals surface area contributed by atoms with Crippen LogP contribution in [0.3, 0.4) is 0 Å². The van der Waals surface area contributed by atoms with Crippen molar-refractivity contribution < 1.29 is 4.74 Å². The van der Waals surface area contributed by atoms with E-state index in [4.69, 9.17) is 10.5 Å². The molecule has 76 valence electrons. The number of aryl methyl sites for hydroxylation is 1. The topological polar surface area (TPSA) is 66.0 Å². The molecular formula is C9H14N4O. The third kappa shape index (κ3) is 1.02. The molecule has 2 fully saturated rings. The van der Waals surface area contributed by atoms with Crippen molar-refractivity contribution in [3.8, 4) is 0 Å². The minimum Gasteiger partial charge on any atom is -0.381 e. The first-order chi connectivity index (χ1) is 6.79. The molecule has 1 saturated carbocycles. The van der Waals surface area contributed by atoms with Crippen LogP contribution in [-0.2, 0) is 11.8 Å². The van der Waals surface area contributed by atoms with Crippen LogP contribution in [0.15, 0.2) is 6.33 Å². The van der Waals surface area contributed by atoms with Crippen LogP contribution in [0, 0.1) is 17.8 Å². The van der Waals surface area contributed by atoms with Crippen molar-refractivity contribution in [2.45, 2.75) is 6.04 Å². The predicted octanol–water partition coefficient (Wildman–Crippen LogP) is -0.293. The molecule has 0 bridgehead atoms. The summed E-state index contributed by atoms with van der Waals surface area (Å²) in [5.74, 6) is 2.79. The smallest absolute Gasteiger partial charge is 0.149 e. The Kier molecular flexibility index (Phi) is 1.66. The number of ether oxygens (including phenoxy) is 1. The van der Waals surface area contributed by atoms with E-state index in [1.807, 2.05) is 11.6 Å². The zero-order valence-electron chi connectivity index (χ0n) is 8.13. The molecular weight excluding hydrogens is 180 g/mol. The molecule has 0 radical (unpaired) electrons. The maximum Gasteiger partial charge on any atom is 0.149 e. The highest BCUT2D eigenvalue weighted by atomic mass is 16.5. The lowest BCUT2D eigenvalue weighted by atomic mass is 10.1. The van der Waals surface area contributed by atoms with Gasteiger partial charge in [-0.1, -0.05) is 0 Å². The zero-order chi connectivity index (χ0) is 9.71. The maximum absolute atomic E-state index is 6.16. The Bertz CT molecular complexity index is 340. The van der Waals surface area contributed by atoms with E-state index in [-0.39, 0.29) is 6.04 Å². The quantitative estimate of drug-likeness (QED) is 0.702. The molecule has 3 rings (SSSR count). The van der Waals surface area contributed by atoms with Gasteiger partial charge in [-0.3, -0.25) is 0 Å². The van der Waals surface area contributed by atoms with Gasteiger partial charge >= 0.3 is 0 Å². The Hall–Kier alpha value is -0.940. The molecule has 1 aliphatic carbocycles. The monoisotopic (exact) mass is 194 g/mol. The molecule has 2 heterocycles. The van der Waals surface area contributed by atoms with E-state index >= 15 is 0 Å². The summed E-state index contributed by atoms with van der Waals surface area (Å²) in [5.41, 5.74) is 6.16. The van der Waals surface area contributed by atoms with Crippen molar-refractivity contribution in [1.29, 1.82) is 0 Å². The van der Waals surface area contributed by atoms with E-state index in [9.17, 15) is 0 Å². The minimum atomic E-state index is 0.0291. The van der Waals surface area contributed by atoms with Gasteiger partial charge in [0.05, 0.1) is 19.3 Å². The summed E-state index contributed by atoms with van der Waals surface area (Å²) in [6, 6.07) is 0.0291. The molecule has 0 amide bonds. The van der Waals surface area contributed by atoms with Gasteiger partial charge in [-0.25, -0.2) is 0 Å². The summed E-state index contributed by atoms with van der Waals surface area (Å²) in [6.45, 7) is 1.75. The van der Waals surface area contributed by atoms with Crippen molar-refractivity contribution in [2.24, 2.45) is 30.5 Å². The molecule has 14 heavy (non-hydrogen) atoms. The average molecular weight is 194 g/mol. The maximum atomic E-state index is 6.16. The summed E-state index contributed by atoms with van der Waals surface area (Å²) in [7, 11) is 1.93. The predicted molar refractivity (Wildman–Crippen MR) is 49.2 cm³/mol. The molecule has 5 nitrogen and oxygen atoms in total. The van der Waals surface area contributed by atoms with Crippen LogP contribution in [0.5, 0.6) is 0 Å².